The van der Waals surface area contributed by atoms with E-state index in [4.69, 9.17) is 0 Å². The van der Waals surface area contributed by atoms with E-state index in [1.807, 2.05) is 62.4 Å². The Bertz CT molecular complexity index is 1910. The first-order valence-electron chi connectivity index (χ1n) is 14.4. The fourth-order valence-electron chi connectivity index (χ4n) is 5.73. The maximum atomic E-state index is 15.3. The summed E-state index contributed by atoms with van der Waals surface area (Å²) in [7, 11) is -4.39. The van der Waals surface area contributed by atoms with Crippen LogP contribution in [0.1, 0.15) is 57.9 Å². The first-order valence-corrected chi connectivity index (χ1v) is 16.2. The summed E-state index contributed by atoms with van der Waals surface area (Å²) in [4.78, 5) is 9.00. The summed E-state index contributed by atoms with van der Waals surface area (Å²) in [6.45, 7) is 3.68. The van der Waals surface area contributed by atoms with Gasteiger partial charge in [-0.25, -0.2) is 26.0 Å². The van der Waals surface area contributed by atoms with Gasteiger partial charge in [-0.15, -0.1) is 0 Å². The second kappa shape index (κ2) is 12.0. The third-order valence-electron chi connectivity index (χ3n) is 7.83. The van der Waals surface area contributed by atoms with Crippen molar-refractivity contribution in [1.29, 1.82) is 0 Å². The maximum Gasteiger partial charge on any atom is 0.159 e. The predicted octanol–water partition coefficient (Wildman–Crippen LogP) is 8.51. The molecule has 0 saturated carbocycles. The molecule has 45 heavy (non-hydrogen) atoms. The number of pyridine rings is 2. The number of sulfone groups is 1. The van der Waals surface area contributed by atoms with Crippen LogP contribution in [0.25, 0.3) is 22.3 Å². The third kappa shape index (κ3) is 6.31. The van der Waals surface area contributed by atoms with E-state index in [1.165, 1.54) is 0 Å². The van der Waals surface area contributed by atoms with E-state index in [1.54, 1.807) is 12.1 Å². The number of rotatable bonds is 8. The average Bonchev–Trinajstić information content (AvgIpc) is 3.68. The fourth-order valence-corrected chi connectivity index (χ4v) is 7.26. The Morgan fingerprint density at radius 1 is 0.578 bits per heavy atom. The molecule has 0 saturated heterocycles. The van der Waals surface area contributed by atoms with Crippen molar-refractivity contribution >= 4 is 32.1 Å². The van der Waals surface area contributed by atoms with E-state index in [0.29, 0.717) is 35.4 Å². The SMILES string of the molecule is Cc1cccc(C2=CCC=C2c2cc(F)c(CS(=O)(=O)Cc3c(F)cc(C4=CCC=C4c4cccc(C)n4)cc3F)c(F)c2)n1. The van der Waals surface area contributed by atoms with Crippen LogP contribution in [0.3, 0.4) is 0 Å². The number of benzene rings is 2. The van der Waals surface area contributed by atoms with Crippen LogP contribution in [0.5, 0.6) is 0 Å². The van der Waals surface area contributed by atoms with Crippen molar-refractivity contribution in [2.45, 2.75) is 38.2 Å². The lowest BCUT2D eigenvalue weighted by atomic mass is 9.96. The van der Waals surface area contributed by atoms with Crippen molar-refractivity contribution in [2.75, 3.05) is 0 Å². The van der Waals surface area contributed by atoms with Crippen LogP contribution in [0.15, 0.2) is 85.0 Å². The van der Waals surface area contributed by atoms with Crippen LogP contribution >= 0.6 is 0 Å². The van der Waals surface area contributed by atoms with Crippen LogP contribution in [0, 0.1) is 37.1 Å². The Morgan fingerprint density at radius 3 is 1.29 bits per heavy atom. The number of allylic oxidation sites excluding steroid dienone is 8. The highest BCUT2D eigenvalue weighted by atomic mass is 32.2. The van der Waals surface area contributed by atoms with Crippen LogP contribution in [-0.2, 0) is 21.3 Å². The van der Waals surface area contributed by atoms with Crippen molar-refractivity contribution in [3.05, 3.63) is 153 Å². The number of aryl methyl sites for hydroxylation is 2. The summed E-state index contributed by atoms with van der Waals surface area (Å²) in [6.07, 6.45) is 8.54. The van der Waals surface area contributed by atoms with E-state index in [9.17, 15) is 8.42 Å². The third-order valence-corrected chi connectivity index (χ3v) is 9.29. The number of hydrogen-bond acceptors (Lipinski definition) is 4. The normalized spacial score (nSPS) is 14.7. The first kappa shape index (κ1) is 30.4. The minimum Gasteiger partial charge on any atom is -0.253 e. The highest BCUT2D eigenvalue weighted by Crippen LogP contribution is 2.38. The molecule has 2 aliphatic rings. The molecule has 0 atom stereocenters. The van der Waals surface area contributed by atoms with Gasteiger partial charge in [-0.2, -0.15) is 0 Å². The van der Waals surface area contributed by atoms with Gasteiger partial charge >= 0.3 is 0 Å². The van der Waals surface area contributed by atoms with Gasteiger partial charge in [-0.05, 0) is 97.5 Å². The molecular weight excluding hydrogens is 600 g/mol. The smallest absolute Gasteiger partial charge is 0.159 e. The van der Waals surface area contributed by atoms with Gasteiger partial charge in [0, 0.05) is 33.7 Å². The molecule has 0 unspecified atom stereocenters. The highest BCUT2D eigenvalue weighted by molar-refractivity contribution is 7.89. The molecule has 0 fully saturated rings. The number of nitrogens with zero attached hydrogens (tertiary/aromatic N) is 2. The monoisotopic (exact) mass is 628 g/mol. The summed E-state index contributed by atoms with van der Waals surface area (Å²) in [5.74, 6) is -6.39. The zero-order valence-corrected chi connectivity index (χ0v) is 25.4. The summed E-state index contributed by atoms with van der Waals surface area (Å²) < 4.78 is 87.3. The Morgan fingerprint density at radius 2 is 0.933 bits per heavy atom. The Labute approximate surface area is 259 Å². The Kier molecular flexibility index (Phi) is 8.14. The summed E-state index contributed by atoms with van der Waals surface area (Å²) in [6, 6.07) is 15.3. The number of hydrogen-bond donors (Lipinski definition) is 0. The average molecular weight is 629 g/mol. The molecule has 2 heterocycles. The van der Waals surface area contributed by atoms with Crippen molar-refractivity contribution in [2.24, 2.45) is 0 Å². The number of aromatic nitrogens is 2. The van der Waals surface area contributed by atoms with Gasteiger partial charge in [-0.3, -0.25) is 9.97 Å². The Balaban J connectivity index is 1.22. The molecule has 0 bridgehead atoms. The highest BCUT2D eigenvalue weighted by Gasteiger charge is 2.26. The molecule has 2 aliphatic carbocycles. The molecule has 0 spiro atoms. The zero-order valence-electron chi connectivity index (χ0n) is 24.5. The van der Waals surface area contributed by atoms with E-state index >= 15 is 17.6 Å². The molecule has 4 aromatic rings. The molecule has 2 aromatic heterocycles. The van der Waals surface area contributed by atoms with Crippen molar-refractivity contribution in [3.8, 4) is 0 Å². The molecule has 0 radical (unpaired) electrons. The van der Waals surface area contributed by atoms with Crippen molar-refractivity contribution in [1.82, 2.24) is 9.97 Å². The molecule has 9 heteroatoms. The lowest BCUT2D eigenvalue weighted by Gasteiger charge is -2.14. The molecular formula is C36H28F4N2O2S. The van der Waals surface area contributed by atoms with Gasteiger partial charge in [0.2, 0.25) is 0 Å². The quantitative estimate of drug-likeness (QED) is 0.184. The minimum absolute atomic E-state index is 0.237. The van der Waals surface area contributed by atoms with Crippen LogP contribution in [0.4, 0.5) is 17.6 Å². The molecule has 2 aromatic carbocycles. The molecule has 6 rings (SSSR count). The second-order valence-electron chi connectivity index (χ2n) is 11.1. The van der Waals surface area contributed by atoms with Gasteiger partial charge in [0.15, 0.2) is 9.84 Å². The van der Waals surface area contributed by atoms with Gasteiger partial charge in [0.25, 0.3) is 0 Å². The van der Waals surface area contributed by atoms with Crippen molar-refractivity contribution in [3.63, 3.8) is 0 Å². The predicted molar refractivity (Wildman–Crippen MR) is 168 cm³/mol. The van der Waals surface area contributed by atoms with Crippen LogP contribution < -0.4 is 0 Å². The van der Waals surface area contributed by atoms with Crippen molar-refractivity contribution < 1.29 is 26.0 Å². The van der Waals surface area contributed by atoms with E-state index in [-0.39, 0.29) is 11.1 Å². The van der Waals surface area contributed by atoms with Crippen LogP contribution in [-0.4, -0.2) is 18.4 Å². The van der Waals surface area contributed by atoms with E-state index < -0.39 is 55.7 Å². The summed E-state index contributed by atoms with van der Waals surface area (Å²) in [5, 5.41) is 0. The van der Waals surface area contributed by atoms with Gasteiger partial charge in [0.05, 0.1) is 22.9 Å². The molecule has 4 nitrogen and oxygen atoms in total. The van der Waals surface area contributed by atoms with Crippen LogP contribution in [0.2, 0.25) is 0 Å². The largest absolute Gasteiger partial charge is 0.253 e. The minimum atomic E-state index is -4.39. The topological polar surface area (TPSA) is 59.9 Å². The first-order chi connectivity index (χ1) is 21.5. The molecule has 0 aliphatic heterocycles. The lowest BCUT2D eigenvalue weighted by molar-refractivity contribution is 0.547. The molecule has 0 amide bonds. The maximum absolute atomic E-state index is 15.3. The summed E-state index contributed by atoms with van der Waals surface area (Å²) >= 11 is 0. The van der Waals surface area contributed by atoms with E-state index in [2.05, 4.69) is 9.97 Å². The van der Waals surface area contributed by atoms with E-state index in [0.717, 1.165) is 46.8 Å². The molecule has 228 valence electrons. The zero-order chi connectivity index (χ0) is 31.9. The standard InChI is InChI=1S/C36H28F4N2O2S/c1-21-7-3-13-35(41-21)27-11-5-9-25(27)23-15-31(37)29(32(38)16-23)19-45(43,44)20-30-33(39)17-24(18-34(30)40)26-10-6-12-28(26)36-14-4-8-22(2)42-36/h3-4,7-18H,5-6,19-20H2,1-2H3. The molecule has 0 N–H and O–H groups in total. The lowest BCUT2D eigenvalue weighted by Crippen LogP contribution is -2.13. The number of halogens is 4. The van der Waals surface area contributed by atoms with Gasteiger partial charge in [-0.1, -0.05) is 36.4 Å². The fraction of sp³-hybridized carbons (Fsp3) is 0.167. The van der Waals surface area contributed by atoms with Gasteiger partial charge in [0.1, 0.15) is 23.3 Å². The Hall–Kier alpha value is -4.63. The second-order valence-corrected chi connectivity index (χ2v) is 13.2. The van der Waals surface area contributed by atoms with Gasteiger partial charge < -0.3 is 0 Å². The summed E-state index contributed by atoms with van der Waals surface area (Å²) in [5.41, 5.74) is 4.59.